The predicted molar refractivity (Wildman–Crippen MR) is 72.3 cm³/mol. The lowest BCUT2D eigenvalue weighted by Crippen LogP contribution is -2.27. The Kier molecular flexibility index (Phi) is 5.78. The molecule has 4 nitrogen and oxygen atoms in total. The topological polar surface area (TPSA) is 47.6 Å². The second-order valence-electron chi connectivity index (χ2n) is 3.88. The molecule has 0 saturated carbocycles. The van der Waals surface area contributed by atoms with E-state index in [1.54, 1.807) is 19.1 Å². The van der Waals surface area contributed by atoms with Crippen molar-refractivity contribution >= 4 is 23.3 Å². The number of carbonyl (C=O) groups is 1. The first-order valence-corrected chi connectivity index (χ1v) is 6.23. The fourth-order valence-corrected chi connectivity index (χ4v) is 1.64. The van der Waals surface area contributed by atoms with E-state index < -0.39 is 6.04 Å². The Bertz CT molecular complexity index is 409. The maximum Gasteiger partial charge on any atom is 0.327 e. The van der Waals surface area contributed by atoms with Gasteiger partial charge in [-0.2, -0.15) is 0 Å². The quantitative estimate of drug-likeness (QED) is 0.808. The van der Waals surface area contributed by atoms with Crippen molar-refractivity contribution in [2.75, 3.05) is 19.0 Å². The molecule has 1 aromatic rings. The van der Waals surface area contributed by atoms with E-state index >= 15 is 0 Å². The zero-order valence-electron chi connectivity index (χ0n) is 10.8. The standard InChI is InChI=1S/C13H18ClNO3/c1-4-7-18-12-6-5-10(8-11(12)14)15-9(2)13(16)17-3/h5-6,8-9,15H,4,7H2,1-3H3. The van der Waals surface area contributed by atoms with Gasteiger partial charge in [0.05, 0.1) is 18.7 Å². The van der Waals surface area contributed by atoms with Gasteiger partial charge in [-0.1, -0.05) is 18.5 Å². The van der Waals surface area contributed by atoms with Crippen LogP contribution in [0.4, 0.5) is 5.69 Å². The van der Waals surface area contributed by atoms with Gasteiger partial charge in [-0.15, -0.1) is 0 Å². The van der Waals surface area contributed by atoms with E-state index in [4.69, 9.17) is 16.3 Å². The molecule has 100 valence electrons. The van der Waals surface area contributed by atoms with Crippen LogP contribution in [0.15, 0.2) is 18.2 Å². The fraction of sp³-hybridized carbons (Fsp3) is 0.462. The van der Waals surface area contributed by atoms with Crippen LogP contribution in [-0.2, 0) is 9.53 Å². The molecule has 0 aromatic heterocycles. The lowest BCUT2D eigenvalue weighted by Gasteiger charge is -2.14. The van der Waals surface area contributed by atoms with Gasteiger partial charge in [-0.25, -0.2) is 4.79 Å². The lowest BCUT2D eigenvalue weighted by molar-refractivity contribution is -0.141. The number of halogens is 1. The van der Waals surface area contributed by atoms with Gasteiger partial charge in [0.1, 0.15) is 11.8 Å². The van der Waals surface area contributed by atoms with Crippen LogP contribution in [0.5, 0.6) is 5.75 Å². The Morgan fingerprint density at radius 1 is 1.50 bits per heavy atom. The molecule has 1 rings (SSSR count). The summed E-state index contributed by atoms with van der Waals surface area (Å²) in [4.78, 5) is 11.3. The van der Waals surface area contributed by atoms with E-state index in [-0.39, 0.29) is 5.97 Å². The molecule has 5 heteroatoms. The molecule has 1 aromatic carbocycles. The molecular formula is C13H18ClNO3. The monoisotopic (exact) mass is 271 g/mol. The minimum Gasteiger partial charge on any atom is -0.492 e. The summed E-state index contributed by atoms with van der Waals surface area (Å²) in [6, 6.07) is 4.90. The highest BCUT2D eigenvalue weighted by atomic mass is 35.5. The highest BCUT2D eigenvalue weighted by molar-refractivity contribution is 6.32. The molecule has 1 atom stereocenters. The van der Waals surface area contributed by atoms with Crippen LogP contribution in [0.1, 0.15) is 20.3 Å². The largest absolute Gasteiger partial charge is 0.492 e. The maximum atomic E-state index is 11.3. The molecule has 0 amide bonds. The van der Waals surface area contributed by atoms with Crippen molar-refractivity contribution in [1.82, 2.24) is 0 Å². The van der Waals surface area contributed by atoms with Crippen molar-refractivity contribution in [3.05, 3.63) is 23.2 Å². The maximum absolute atomic E-state index is 11.3. The number of methoxy groups -OCH3 is 1. The summed E-state index contributed by atoms with van der Waals surface area (Å²) in [5.41, 5.74) is 0.752. The SMILES string of the molecule is CCCOc1ccc(NC(C)C(=O)OC)cc1Cl. The summed E-state index contributed by atoms with van der Waals surface area (Å²) in [5.74, 6) is 0.326. The first-order chi connectivity index (χ1) is 8.58. The third-order valence-electron chi connectivity index (χ3n) is 2.33. The lowest BCUT2D eigenvalue weighted by atomic mass is 10.2. The third-order valence-corrected chi connectivity index (χ3v) is 2.63. The Morgan fingerprint density at radius 2 is 2.22 bits per heavy atom. The number of ether oxygens (including phenoxy) is 2. The number of rotatable bonds is 6. The van der Waals surface area contributed by atoms with Crippen LogP contribution in [0.3, 0.4) is 0 Å². The molecule has 0 bridgehead atoms. The van der Waals surface area contributed by atoms with Gasteiger partial charge in [0.15, 0.2) is 0 Å². The van der Waals surface area contributed by atoms with Crippen molar-refractivity contribution in [2.24, 2.45) is 0 Å². The molecule has 1 N–H and O–H groups in total. The first kappa shape index (κ1) is 14.6. The van der Waals surface area contributed by atoms with Crippen LogP contribution < -0.4 is 10.1 Å². The van der Waals surface area contributed by atoms with Gasteiger partial charge in [0.25, 0.3) is 0 Å². The van der Waals surface area contributed by atoms with E-state index in [9.17, 15) is 4.79 Å². The average molecular weight is 272 g/mol. The molecule has 18 heavy (non-hydrogen) atoms. The molecule has 0 heterocycles. The molecular weight excluding hydrogens is 254 g/mol. The summed E-state index contributed by atoms with van der Waals surface area (Å²) >= 11 is 6.08. The average Bonchev–Trinajstić information content (AvgIpc) is 2.36. The van der Waals surface area contributed by atoms with Gasteiger partial charge in [0.2, 0.25) is 0 Å². The van der Waals surface area contributed by atoms with E-state index in [0.717, 1.165) is 12.1 Å². The van der Waals surface area contributed by atoms with Gasteiger partial charge in [0, 0.05) is 5.69 Å². The summed E-state index contributed by atoms with van der Waals surface area (Å²) in [7, 11) is 1.36. The summed E-state index contributed by atoms with van der Waals surface area (Å²) in [5, 5.41) is 3.52. The van der Waals surface area contributed by atoms with Crippen LogP contribution >= 0.6 is 11.6 Å². The molecule has 0 spiro atoms. The Labute approximate surface area is 112 Å². The number of hydrogen-bond donors (Lipinski definition) is 1. The Hall–Kier alpha value is -1.42. The van der Waals surface area contributed by atoms with Crippen molar-refractivity contribution in [3.63, 3.8) is 0 Å². The molecule has 0 aliphatic heterocycles. The van der Waals surface area contributed by atoms with Crippen LogP contribution in [0.25, 0.3) is 0 Å². The van der Waals surface area contributed by atoms with Crippen molar-refractivity contribution in [2.45, 2.75) is 26.3 Å². The minimum atomic E-state index is -0.423. The Morgan fingerprint density at radius 3 is 2.78 bits per heavy atom. The summed E-state index contributed by atoms with van der Waals surface area (Å²) in [6.45, 7) is 4.38. The molecule has 0 aliphatic carbocycles. The smallest absolute Gasteiger partial charge is 0.327 e. The molecule has 0 radical (unpaired) electrons. The summed E-state index contributed by atoms with van der Waals surface area (Å²) in [6.07, 6.45) is 0.926. The van der Waals surface area contributed by atoms with Gasteiger partial charge in [-0.05, 0) is 31.5 Å². The molecule has 1 unspecified atom stereocenters. The molecule has 0 aliphatic rings. The Balaban J connectivity index is 2.69. The van der Waals surface area contributed by atoms with Gasteiger partial charge in [-0.3, -0.25) is 0 Å². The normalized spacial score (nSPS) is 11.8. The number of hydrogen-bond acceptors (Lipinski definition) is 4. The second-order valence-corrected chi connectivity index (χ2v) is 4.29. The van der Waals surface area contributed by atoms with E-state index in [1.165, 1.54) is 7.11 Å². The van der Waals surface area contributed by atoms with Crippen molar-refractivity contribution < 1.29 is 14.3 Å². The van der Waals surface area contributed by atoms with Gasteiger partial charge < -0.3 is 14.8 Å². The zero-order chi connectivity index (χ0) is 13.5. The number of nitrogens with one attached hydrogen (secondary N) is 1. The number of carbonyl (C=O) groups excluding carboxylic acids is 1. The van der Waals surface area contributed by atoms with Crippen molar-refractivity contribution in [1.29, 1.82) is 0 Å². The van der Waals surface area contributed by atoms with Crippen LogP contribution in [0.2, 0.25) is 5.02 Å². The fourth-order valence-electron chi connectivity index (χ4n) is 1.41. The van der Waals surface area contributed by atoms with E-state index in [0.29, 0.717) is 17.4 Å². The third kappa shape index (κ3) is 4.11. The molecule has 0 fully saturated rings. The minimum absolute atomic E-state index is 0.322. The highest BCUT2D eigenvalue weighted by Crippen LogP contribution is 2.28. The zero-order valence-corrected chi connectivity index (χ0v) is 11.6. The number of anilines is 1. The van der Waals surface area contributed by atoms with Crippen molar-refractivity contribution in [3.8, 4) is 5.75 Å². The van der Waals surface area contributed by atoms with Crippen LogP contribution in [0, 0.1) is 0 Å². The number of esters is 1. The second kappa shape index (κ2) is 7.11. The molecule has 0 saturated heterocycles. The first-order valence-electron chi connectivity index (χ1n) is 5.85. The summed E-state index contributed by atoms with van der Waals surface area (Å²) < 4.78 is 10.1. The van der Waals surface area contributed by atoms with E-state index in [2.05, 4.69) is 10.1 Å². The van der Waals surface area contributed by atoms with Crippen LogP contribution in [-0.4, -0.2) is 25.7 Å². The predicted octanol–water partition coefficient (Wildman–Crippen LogP) is 3.10. The van der Waals surface area contributed by atoms with Gasteiger partial charge >= 0.3 is 5.97 Å². The highest BCUT2D eigenvalue weighted by Gasteiger charge is 2.13. The number of benzene rings is 1. The van der Waals surface area contributed by atoms with E-state index in [1.807, 2.05) is 13.0 Å².